The van der Waals surface area contributed by atoms with E-state index in [1.54, 1.807) is 12.1 Å². The molecule has 1 saturated carbocycles. The van der Waals surface area contributed by atoms with Gasteiger partial charge in [-0.25, -0.2) is 4.39 Å². The van der Waals surface area contributed by atoms with Crippen molar-refractivity contribution in [3.8, 4) is 0 Å². The quantitative estimate of drug-likeness (QED) is 0.788. The van der Waals surface area contributed by atoms with Gasteiger partial charge in [0.15, 0.2) is 0 Å². The first kappa shape index (κ1) is 15.6. The molecule has 0 spiro atoms. The third kappa shape index (κ3) is 4.38. The average molecular weight is 296 g/mol. The van der Waals surface area contributed by atoms with Crippen LogP contribution < -0.4 is 10.2 Å². The molecule has 1 aliphatic rings. The van der Waals surface area contributed by atoms with Crippen LogP contribution in [0.1, 0.15) is 31.7 Å². The Labute approximate surface area is 126 Å². The van der Waals surface area contributed by atoms with Gasteiger partial charge in [0, 0.05) is 31.4 Å². The predicted molar refractivity (Wildman–Crippen MR) is 87.1 cm³/mol. The summed E-state index contributed by atoms with van der Waals surface area (Å²) >= 11 is 1.87. The van der Waals surface area contributed by atoms with Gasteiger partial charge in [-0.2, -0.15) is 11.8 Å². The highest BCUT2D eigenvalue weighted by Crippen LogP contribution is 2.26. The number of rotatable bonds is 8. The van der Waals surface area contributed by atoms with Gasteiger partial charge in [0.05, 0.1) is 0 Å². The summed E-state index contributed by atoms with van der Waals surface area (Å²) in [5.74, 6) is 1.01. The Morgan fingerprint density at radius 1 is 1.45 bits per heavy atom. The maximum Gasteiger partial charge on any atom is 0.123 e. The molecular formula is C16H25FN2S. The predicted octanol–water partition coefficient (Wildman–Crippen LogP) is 3.66. The van der Waals surface area contributed by atoms with Gasteiger partial charge in [0.25, 0.3) is 0 Å². The molecule has 1 aromatic rings. The van der Waals surface area contributed by atoms with Crippen LogP contribution in [-0.4, -0.2) is 31.1 Å². The minimum absolute atomic E-state index is 0.147. The van der Waals surface area contributed by atoms with Gasteiger partial charge < -0.3 is 10.2 Å². The zero-order valence-corrected chi connectivity index (χ0v) is 13.5. The molecule has 0 bridgehead atoms. The highest BCUT2D eigenvalue weighted by atomic mass is 32.2. The lowest BCUT2D eigenvalue weighted by Gasteiger charge is -2.29. The number of halogens is 1. The summed E-state index contributed by atoms with van der Waals surface area (Å²) in [6.07, 6.45) is 5.79. The number of hydrogen-bond donors (Lipinski definition) is 1. The summed E-state index contributed by atoms with van der Waals surface area (Å²) in [5.41, 5.74) is 2.21. The Morgan fingerprint density at radius 3 is 2.85 bits per heavy atom. The van der Waals surface area contributed by atoms with Gasteiger partial charge in [-0.1, -0.05) is 0 Å². The lowest BCUT2D eigenvalue weighted by Crippen LogP contribution is -2.31. The molecule has 0 aromatic heterocycles. The first-order valence-electron chi connectivity index (χ1n) is 7.35. The Balaban J connectivity index is 2.07. The summed E-state index contributed by atoms with van der Waals surface area (Å²) in [7, 11) is 2.11. The molecular weight excluding hydrogens is 271 g/mol. The van der Waals surface area contributed by atoms with Crippen LogP contribution in [0.2, 0.25) is 0 Å². The highest BCUT2D eigenvalue weighted by Gasteiger charge is 2.21. The van der Waals surface area contributed by atoms with Crippen LogP contribution in [-0.2, 0) is 6.54 Å². The fraction of sp³-hybridized carbons (Fsp3) is 0.625. The smallest absolute Gasteiger partial charge is 0.123 e. The zero-order chi connectivity index (χ0) is 14.5. The molecule has 2 nitrogen and oxygen atoms in total. The number of nitrogens with zero attached hydrogens (tertiary/aromatic N) is 1. The zero-order valence-electron chi connectivity index (χ0n) is 12.7. The van der Waals surface area contributed by atoms with E-state index in [0.717, 1.165) is 30.0 Å². The fourth-order valence-corrected chi connectivity index (χ4v) is 2.88. The molecule has 0 heterocycles. The SMILES string of the molecule is CSCCC(C)N(C)c1ccc(F)cc1CNC1CC1. The van der Waals surface area contributed by atoms with Crippen molar-refractivity contribution in [2.24, 2.45) is 0 Å². The Kier molecular flexibility index (Phi) is 5.73. The summed E-state index contributed by atoms with van der Waals surface area (Å²) in [4.78, 5) is 2.28. The molecule has 1 aliphatic carbocycles. The van der Waals surface area contributed by atoms with Crippen LogP contribution in [0.4, 0.5) is 10.1 Å². The van der Waals surface area contributed by atoms with Crippen molar-refractivity contribution in [2.45, 2.75) is 44.8 Å². The molecule has 0 saturated heterocycles. The molecule has 1 aromatic carbocycles. The van der Waals surface area contributed by atoms with Gasteiger partial charge >= 0.3 is 0 Å². The van der Waals surface area contributed by atoms with Crippen molar-refractivity contribution < 1.29 is 4.39 Å². The molecule has 0 amide bonds. The topological polar surface area (TPSA) is 15.3 Å². The monoisotopic (exact) mass is 296 g/mol. The molecule has 1 N–H and O–H groups in total. The maximum absolute atomic E-state index is 13.5. The van der Waals surface area contributed by atoms with Gasteiger partial charge in [0.1, 0.15) is 5.82 Å². The molecule has 4 heteroatoms. The molecule has 1 unspecified atom stereocenters. The summed E-state index contributed by atoms with van der Waals surface area (Å²) in [5, 5.41) is 3.48. The van der Waals surface area contributed by atoms with Crippen molar-refractivity contribution in [1.82, 2.24) is 5.32 Å². The Bertz CT molecular complexity index is 434. The van der Waals surface area contributed by atoms with Crippen molar-refractivity contribution in [1.29, 1.82) is 0 Å². The van der Waals surface area contributed by atoms with Gasteiger partial charge in [0.2, 0.25) is 0 Å². The molecule has 0 radical (unpaired) electrons. The second-order valence-electron chi connectivity index (χ2n) is 5.67. The van der Waals surface area contributed by atoms with E-state index < -0.39 is 0 Å². The van der Waals surface area contributed by atoms with Crippen LogP contribution in [0.5, 0.6) is 0 Å². The van der Waals surface area contributed by atoms with Gasteiger partial charge in [-0.3, -0.25) is 0 Å². The van der Waals surface area contributed by atoms with Crippen molar-refractivity contribution in [3.63, 3.8) is 0 Å². The molecule has 2 rings (SSSR count). The van der Waals surface area contributed by atoms with E-state index in [9.17, 15) is 4.39 Å². The number of nitrogens with one attached hydrogen (secondary N) is 1. The summed E-state index contributed by atoms with van der Waals surface area (Å²) < 4.78 is 13.5. The lowest BCUT2D eigenvalue weighted by atomic mass is 10.1. The molecule has 112 valence electrons. The second kappa shape index (κ2) is 7.32. The van der Waals surface area contributed by atoms with E-state index in [-0.39, 0.29) is 5.82 Å². The van der Waals surface area contributed by atoms with Crippen LogP contribution in [0.15, 0.2) is 18.2 Å². The number of benzene rings is 1. The molecule has 1 fully saturated rings. The Hall–Kier alpha value is -0.740. The van der Waals surface area contributed by atoms with E-state index in [2.05, 4.69) is 30.4 Å². The third-order valence-electron chi connectivity index (χ3n) is 3.98. The highest BCUT2D eigenvalue weighted by molar-refractivity contribution is 7.98. The van der Waals surface area contributed by atoms with E-state index in [1.807, 2.05) is 17.8 Å². The standard InChI is InChI=1S/C16H25FN2S/c1-12(8-9-20-3)19(2)16-7-4-14(17)10-13(16)11-18-15-5-6-15/h4,7,10,12,15,18H,5-6,8-9,11H2,1-3H3. The van der Waals surface area contributed by atoms with Gasteiger partial charge in [-0.05, 0) is 62.0 Å². The number of thioether (sulfide) groups is 1. The van der Waals surface area contributed by atoms with E-state index >= 15 is 0 Å². The van der Waals surface area contributed by atoms with Crippen LogP contribution in [0, 0.1) is 5.82 Å². The van der Waals surface area contributed by atoms with Crippen molar-refractivity contribution in [2.75, 3.05) is 24.0 Å². The first-order valence-corrected chi connectivity index (χ1v) is 8.74. The van der Waals surface area contributed by atoms with Crippen molar-refractivity contribution >= 4 is 17.4 Å². The number of hydrogen-bond acceptors (Lipinski definition) is 3. The normalized spacial score (nSPS) is 16.2. The maximum atomic E-state index is 13.5. The van der Waals surface area contributed by atoms with Crippen LogP contribution in [0.25, 0.3) is 0 Å². The molecule has 0 aliphatic heterocycles. The molecule has 1 atom stereocenters. The molecule has 20 heavy (non-hydrogen) atoms. The Morgan fingerprint density at radius 2 is 2.20 bits per heavy atom. The summed E-state index contributed by atoms with van der Waals surface area (Å²) in [6, 6.07) is 6.25. The largest absolute Gasteiger partial charge is 0.372 e. The fourth-order valence-electron chi connectivity index (χ4n) is 2.30. The van der Waals surface area contributed by atoms with Crippen molar-refractivity contribution in [3.05, 3.63) is 29.6 Å². The average Bonchev–Trinajstić information content (AvgIpc) is 3.26. The van der Waals surface area contributed by atoms with E-state index in [1.165, 1.54) is 12.8 Å². The second-order valence-corrected chi connectivity index (χ2v) is 6.66. The van der Waals surface area contributed by atoms with Crippen LogP contribution >= 0.6 is 11.8 Å². The third-order valence-corrected chi connectivity index (χ3v) is 4.62. The first-order chi connectivity index (χ1) is 9.61. The van der Waals surface area contributed by atoms with E-state index in [4.69, 9.17) is 0 Å². The minimum atomic E-state index is -0.147. The lowest BCUT2D eigenvalue weighted by molar-refractivity contribution is 0.614. The van der Waals surface area contributed by atoms with E-state index in [0.29, 0.717) is 12.1 Å². The van der Waals surface area contributed by atoms with Gasteiger partial charge in [-0.15, -0.1) is 0 Å². The summed E-state index contributed by atoms with van der Waals surface area (Å²) in [6.45, 7) is 3.00. The van der Waals surface area contributed by atoms with Crippen LogP contribution in [0.3, 0.4) is 0 Å². The number of anilines is 1. The minimum Gasteiger partial charge on any atom is -0.372 e.